The molecule has 0 spiro atoms. The van der Waals surface area contributed by atoms with Crippen molar-refractivity contribution in [2.24, 2.45) is 5.41 Å². The molecular formula is C18H26N2O4S2. The fraction of sp³-hybridized carbons (Fsp3) is 0.611. The average molecular weight is 399 g/mol. The van der Waals surface area contributed by atoms with E-state index in [0.717, 1.165) is 12.8 Å². The Morgan fingerprint density at radius 1 is 1.58 bits per heavy atom. The predicted molar refractivity (Wildman–Crippen MR) is 104 cm³/mol. The lowest BCUT2D eigenvalue weighted by Gasteiger charge is -2.28. The van der Waals surface area contributed by atoms with E-state index in [2.05, 4.69) is 4.98 Å². The third kappa shape index (κ3) is 5.31. The number of nitrogens with zero attached hydrogens (tertiary/aromatic N) is 2. The minimum Gasteiger partial charge on any atom is -0.476 e. The Hall–Kier alpha value is -1.38. The summed E-state index contributed by atoms with van der Waals surface area (Å²) in [6, 6.07) is 0.0104. The highest BCUT2D eigenvalue weighted by atomic mass is 32.2. The Kier molecular flexibility index (Phi) is 7.25. The van der Waals surface area contributed by atoms with E-state index in [9.17, 15) is 14.7 Å². The maximum atomic E-state index is 12.1. The topological polar surface area (TPSA) is 90.7 Å². The second kappa shape index (κ2) is 9.01. The van der Waals surface area contributed by atoms with Crippen LogP contribution in [0.4, 0.5) is 0 Å². The molecule has 2 atom stereocenters. The number of aromatic nitrogens is 1. The Morgan fingerprint density at radius 2 is 2.31 bits per heavy atom. The molecule has 1 aromatic heterocycles. The van der Waals surface area contributed by atoms with Gasteiger partial charge in [-0.3, -0.25) is 4.79 Å². The summed E-state index contributed by atoms with van der Waals surface area (Å²) in [5, 5.41) is 20.7. The number of aliphatic hydroxyl groups excluding tert-OH is 1. The maximum Gasteiger partial charge on any atom is 0.355 e. The number of rotatable bonds is 9. The number of thioether (sulfide) groups is 1. The lowest BCUT2D eigenvalue weighted by molar-refractivity contribution is -0.128. The lowest BCUT2D eigenvalue weighted by atomic mass is 9.83. The molecule has 1 aliphatic rings. The summed E-state index contributed by atoms with van der Waals surface area (Å²) >= 11 is 2.76. The van der Waals surface area contributed by atoms with Crippen molar-refractivity contribution in [1.82, 2.24) is 9.88 Å². The molecule has 8 heteroatoms. The van der Waals surface area contributed by atoms with Crippen LogP contribution < -0.4 is 0 Å². The number of aliphatic hydroxyl groups is 1. The summed E-state index contributed by atoms with van der Waals surface area (Å²) in [5.41, 5.74) is -0.130. The number of likely N-dealkylation sites (tertiary alicyclic amines) is 1. The molecule has 0 bridgehead atoms. The Morgan fingerprint density at radius 3 is 2.92 bits per heavy atom. The number of aromatic carboxylic acids is 1. The summed E-state index contributed by atoms with van der Waals surface area (Å²) in [6.45, 7) is 6.67. The van der Waals surface area contributed by atoms with E-state index in [-0.39, 0.29) is 23.1 Å². The number of hydrogen-bond acceptors (Lipinski definition) is 6. The minimum absolute atomic E-state index is 0.0104. The number of thiazole rings is 1. The van der Waals surface area contributed by atoms with Gasteiger partial charge in [0.25, 0.3) is 0 Å². The van der Waals surface area contributed by atoms with Crippen molar-refractivity contribution >= 4 is 35.0 Å². The molecule has 1 amide bonds. The number of hydrogen-bond donors (Lipinski definition) is 2. The number of carbonyl (C=O) groups is 2. The quantitative estimate of drug-likeness (QED) is 0.490. The SMILES string of the molecule is CCC(C)(C)[C@H](O)C=C[C@H]1CCC(=O)N1CCSc1nc(C(=O)O)cs1. The average Bonchev–Trinajstić information content (AvgIpc) is 3.20. The smallest absolute Gasteiger partial charge is 0.355 e. The van der Waals surface area contributed by atoms with Crippen LogP contribution in [-0.4, -0.2) is 56.4 Å². The standard InChI is InChI=1S/C18H26N2O4S2/c1-4-18(2,3)14(21)7-5-12-6-8-15(22)20(12)9-10-25-17-19-13(11-26-17)16(23)24/h5,7,11-12,14,21H,4,6,8-10H2,1-3H3,(H,23,24)/t12-,14+/m0/s1. The van der Waals surface area contributed by atoms with E-state index < -0.39 is 12.1 Å². The van der Waals surface area contributed by atoms with Crippen LogP contribution in [0.3, 0.4) is 0 Å². The highest BCUT2D eigenvalue weighted by Gasteiger charge is 2.30. The zero-order chi connectivity index (χ0) is 19.3. The molecule has 0 aromatic carbocycles. The fourth-order valence-corrected chi connectivity index (χ4v) is 4.41. The van der Waals surface area contributed by atoms with Crippen molar-refractivity contribution in [3.8, 4) is 0 Å². The predicted octanol–water partition coefficient (Wildman–Crippen LogP) is 3.28. The molecule has 1 aromatic rings. The molecule has 2 rings (SSSR count). The first-order chi connectivity index (χ1) is 12.2. The summed E-state index contributed by atoms with van der Waals surface area (Å²) in [6.07, 6.45) is 5.38. The van der Waals surface area contributed by atoms with Gasteiger partial charge in [-0.2, -0.15) is 0 Å². The third-order valence-electron chi connectivity index (χ3n) is 4.86. The highest BCUT2D eigenvalue weighted by Crippen LogP contribution is 2.28. The Balaban J connectivity index is 1.89. The zero-order valence-corrected chi connectivity index (χ0v) is 17.0. The Labute approximate surface area is 162 Å². The van der Waals surface area contributed by atoms with Crippen LogP contribution >= 0.6 is 23.1 Å². The first kappa shape index (κ1) is 20.9. The Bertz CT molecular complexity index is 672. The second-order valence-electron chi connectivity index (χ2n) is 7.02. The first-order valence-electron chi connectivity index (χ1n) is 8.72. The molecule has 0 saturated carbocycles. The van der Waals surface area contributed by atoms with Crippen molar-refractivity contribution < 1.29 is 19.8 Å². The van der Waals surface area contributed by atoms with Crippen LogP contribution in [0.5, 0.6) is 0 Å². The van der Waals surface area contributed by atoms with Crippen LogP contribution in [0, 0.1) is 5.41 Å². The summed E-state index contributed by atoms with van der Waals surface area (Å²) in [7, 11) is 0. The van der Waals surface area contributed by atoms with Gasteiger partial charge >= 0.3 is 5.97 Å². The largest absolute Gasteiger partial charge is 0.476 e. The van der Waals surface area contributed by atoms with Crippen molar-refractivity contribution in [2.75, 3.05) is 12.3 Å². The van der Waals surface area contributed by atoms with Gasteiger partial charge in [-0.15, -0.1) is 11.3 Å². The molecule has 1 saturated heterocycles. The second-order valence-corrected chi connectivity index (χ2v) is 9.22. The van der Waals surface area contributed by atoms with Gasteiger partial charge in [0.05, 0.1) is 12.1 Å². The van der Waals surface area contributed by atoms with Gasteiger partial charge in [0, 0.05) is 24.1 Å². The first-order valence-corrected chi connectivity index (χ1v) is 10.6. The van der Waals surface area contributed by atoms with Crippen molar-refractivity contribution in [3.63, 3.8) is 0 Å². The van der Waals surface area contributed by atoms with Gasteiger partial charge in [0.1, 0.15) is 0 Å². The molecule has 26 heavy (non-hydrogen) atoms. The molecule has 0 unspecified atom stereocenters. The number of amides is 1. The minimum atomic E-state index is -1.03. The molecule has 2 N–H and O–H groups in total. The summed E-state index contributed by atoms with van der Waals surface area (Å²) in [5.74, 6) is -0.248. The van der Waals surface area contributed by atoms with Crippen LogP contribution in [0.2, 0.25) is 0 Å². The summed E-state index contributed by atoms with van der Waals surface area (Å²) < 4.78 is 0.696. The normalized spacial score (nSPS) is 19.5. The van der Waals surface area contributed by atoms with Crippen molar-refractivity contribution in [3.05, 3.63) is 23.2 Å². The van der Waals surface area contributed by atoms with Crippen LogP contribution in [0.25, 0.3) is 0 Å². The van der Waals surface area contributed by atoms with E-state index in [1.54, 1.807) is 0 Å². The lowest BCUT2D eigenvalue weighted by Crippen LogP contribution is -2.34. The zero-order valence-electron chi connectivity index (χ0n) is 15.3. The molecule has 144 valence electrons. The highest BCUT2D eigenvalue weighted by molar-refractivity contribution is 8.01. The van der Waals surface area contributed by atoms with Gasteiger partial charge in [-0.05, 0) is 18.3 Å². The van der Waals surface area contributed by atoms with E-state index in [0.29, 0.717) is 23.1 Å². The molecule has 6 nitrogen and oxygen atoms in total. The molecule has 0 radical (unpaired) electrons. The molecule has 1 aliphatic heterocycles. The van der Waals surface area contributed by atoms with Gasteiger partial charge in [0.15, 0.2) is 10.0 Å². The number of carboxylic acids is 1. The van der Waals surface area contributed by atoms with Crippen LogP contribution in [0.1, 0.15) is 50.5 Å². The fourth-order valence-electron chi connectivity index (χ4n) is 2.60. The van der Waals surface area contributed by atoms with Gasteiger partial charge in [-0.1, -0.05) is 44.7 Å². The van der Waals surface area contributed by atoms with Gasteiger partial charge in [-0.25, -0.2) is 9.78 Å². The van der Waals surface area contributed by atoms with E-state index in [4.69, 9.17) is 5.11 Å². The molecule has 0 aliphatic carbocycles. The maximum absolute atomic E-state index is 12.1. The monoisotopic (exact) mass is 398 g/mol. The molecule has 2 heterocycles. The van der Waals surface area contributed by atoms with Crippen molar-refractivity contribution in [2.45, 2.75) is 56.5 Å². The van der Waals surface area contributed by atoms with E-state index in [1.165, 1.54) is 28.5 Å². The number of carbonyl (C=O) groups excluding carboxylic acids is 1. The molecule has 1 fully saturated rings. The van der Waals surface area contributed by atoms with E-state index in [1.807, 2.05) is 37.8 Å². The van der Waals surface area contributed by atoms with Crippen LogP contribution in [-0.2, 0) is 4.79 Å². The van der Waals surface area contributed by atoms with Crippen LogP contribution in [0.15, 0.2) is 21.9 Å². The van der Waals surface area contributed by atoms with Crippen molar-refractivity contribution in [1.29, 1.82) is 0 Å². The summed E-state index contributed by atoms with van der Waals surface area (Å²) in [4.78, 5) is 28.9. The third-order valence-corrected chi connectivity index (χ3v) is 6.86. The number of carboxylic acid groups (broad SMARTS) is 1. The molecular weight excluding hydrogens is 372 g/mol. The van der Waals surface area contributed by atoms with Gasteiger partial charge in [0.2, 0.25) is 5.91 Å². The van der Waals surface area contributed by atoms with Gasteiger partial charge < -0.3 is 15.1 Å². The van der Waals surface area contributed by atoms with E-state index >= 15 is 0 Å².